The topological polar surface area (TPSA) is 58.5 Å². The Balaban J connectivity index is 2.12. The highest BCUT2D eigenvalue weighted by Crippen LogP contribution is 2.20. The van der Waals surface area contributed by atoms with Crippen LogP contribution < -0.4 is 5.84 Å². The lowest BCUT2D eigenvalue weighted by molar-refractivity contribution is 0.0772. The van der Waals surface area contributed by atoms with Gasteiger partial charge in [0, 0.05) is 19.6 Å². The van der Waals surface area contributed by atoms with Crippen molar-refractivity contribution in [1.29, 1.82) is 0 Å². The number of likely N-dealkylation sites (N-methyl/N-ethyl adjacent to an activating group) is 1. The molecule has 1 saturated heterocycles. The summed E-state index contributed by atoms with van der Waals surface area (Å²) in [4.78, 5) is 6.12. The lowest BCUT2D eigenvalue weighted by Crippen LogP contribution is -2.49. The van der Waals surface area contributed by atoms with E-state index in [1.54, 1.807) is 11.2 Å². The van der Waals surface area contributed by atoms with Crippen molar-refractivity contribution in [2.24, 2.45) is 5.84 Å². The van der Waals surface area contributed by atoms with Gasteiger partial charge in [0.15, 0.2) is 6.39 Å². The molecule has 2 rings (SSSR count). The number of nitrogens with zero attached hydrogens (tertiary/aromatic N) is 3. The highest BCUT2D eigenvalue weighted by atomic mass is 16.3. The average molecular weight is 182 g/mol. The van der Waals surface area contributed by atoms with Crippen LogP contribution in [0.1, 0.15) is 11.8 Å². The minimum atomic E-state index is 0.140. The van der Waals surface area contributed by atoms with E-state index in [4.69, 9.17) is 10.3 Å². The zero-order chi connectivity index (χ0) is 9.26. The molecule has 2 N–H and O–H groups in total. The van der Waals surface area contributed by atoms with Crippen LogP contribution in [0.4, 0.5) is 0 Å². The summed E-state index contributed by atoms with van der Waals surface area (Å²) in [5.41, 5.74) is 0. The summed E-state index contributed by atoms with van der Waals surface area (Å²) in [7, 11) is 2.08. The summed E-state index contributed by atoms with van der Waals surface area (Å²) in [6.45, 7) is 2.76. The number of rotatable bonds is 1. The van der Waals surface area contributed by atoms with Crippen molar-refractivity contribution >= 4 is 0 Å². The highest BCUT2D eigenvalue weighted by Gasteiger charge is 2.26. The Morgan fingerprint density at radius 1 is 1.62 bits per heavy atom. The Morgan fingerprint density at radius 3 is 3.15 bits per heavy atom. The summed E-state index contributed by atoms with van der Waals surface area (Å²) in [6, 6.07) is 0.140. The Kier molecular flexibility index (Phi) is 2.30. The van der Waals surface area contributed by atoms with Crippen LogP contribution in [0.5, 0.6) is 0 Å². The minimum absolute atomic E-state index is 0.140. The molecule has 5 nitrogen and oxygen atoms in total. The maximum absolute atomic E-state index is 5.85. The van der Waals surface area contributed by atoms with E-state index in [2.05, 4.69) is 16.9 Å². The number of oxazole rings is 1. The minimum Gasteiger partial charge on any atom is -0.447 e. The summed E-state index contributed by atoms with van der Waals surface area (Å²) in [5.74, 6) is 6.69. The fourth-order valence-electron chi connectivity index (χ4n) is 1.58. The smallest absolute Gasteiger partial charge is 0.180 e. The van der Waals surface area contributed by atoms with E-state index in [-0.39, 0.29) is 6.04 Å². The number of aromatic nitrogens is 1. The van der Waals surface area contributed by atoms with Crippen LogP contribution in [0.2, 0.25) is 0 Å². The molecule has 1 fully saturated rings. The van der Waals surface area contributed by atoms with E-state index in [0.29, 0.717) is 0 Å². The molecule has 0 saturated carbocycles. The van der Waals surface area contributed by atoms with Gasteiger partial charge in [-0.3, -0.25) is 5.84 Å². The molecule has 0 amide bonds. The van der Waals surface area contributed by atoms with Crippen LogP contribution in [0, 0.1) is 0 Å². The summed E-state index contributed by atoms with van der Waals surface area (Å²) in [5, 5.41) is 1.81. The Hall–Kier alpha value is -0.910. The zero-order valence-corrected chi connectivity index (χ0v) is 7.68. The van der Waals surface area contributed by atoms with Crippen molar-refractivity contribution < 1.29 is 4.42 Å². The van der Waals surface area contributed by atoms with Crippen LogP contribution >= 0.6 is 0 Å². The third kappa shape index (κ3) is 1.72. The molecule has 0 radical (unpaired) electrons. The third-order valence-corrected chi connectivity index (χ3v) is 2.40. The monoisotopic (exact) mass is 182 g/mol. The Bertz CT molecular complexity index is 261. The molecule has 0 spiro atoms. The van der Waals surface area contributed by atoms with Crippen LogP contribution in [0.3, 0.4) is 0 Å². The van der Waals surface area contributed by atoms with Crippen molar-refractivity contribution in [2.75, 3.05) is 26.7 Å². The second kappa shape index (κ2) is 3.45. The van der Waals surface area contributed by atoms with Gasteiger partial charge in [-0.05, 0) is 7.05 Å². The Morgan fingerprint density at radius 2 is 2.46 bits per heavy atom. The first kappa shape index (κ1) is 8.68. The Labute approximate surface area is 77.1 Å². The molecule has 1 aliphatic heterocycles. The normalized spacial score (nSPS) is 26.5. The first-order chi connectivity index (χ1) is 6.27. The van der Waals surface area contributed by atoms with E-state index < -0.39 is 0 Å². The van der Waals surface area contributed by atoms with Crippen LogP contribution in [0.25, 0.3) is 0 Å². The molecule has 2 heterocycles. The lowest BCUT2D eigenvalue weighted by atomic mass is 10.2. The van der Waals surface area contributed by atoms with Gasteiger partial charge in [-0.25, -0.2) is 9.99 Å². The van der Waals surface area contributed by atoms with Crippen LogP contribution in [0.15, 0.2) is 17.0 Å². The molecule has 5 heteroatoms. The lowest BCUT2D eigenvalue weighted by Gasteiger charge is -2.35. The first-order valence-corrected chi connectivity index (χ1v) is 4.35. The van der Waals surface area contributed by atoms with E-state index in [1.165, 1.54) is 6.39 Å². The van der Waals surface area contributed by atoms with Gasteiger partial charge in [0.2, 0.25) is 0 Å². The van der Waals surface area contributed by atoms with Crippen molar-refractivity contribution in [1.82, 2.24) is 14.9 Å². The molecular weight excluding hydrogens is 168 g/mol. The largest absolute Gasteiger partial charge is 0.447 e. The van der Waals surface area contributed by atoms with Crippen molar-refractivity contribution in [3.63, 3.8) is 0 Å². The third-order valence-electron chi connectivity index (χ3n) is 2.40. The van der Waals surface area contributed by atoms with Crippen LogP contribution in [-0.2, 0) is 0 Å². The van der Waals surface area contributed by atoms with E-state index in [1.807, 2.05) is 0 Å². The van der Waals surface area contributed by atoms with Crippen LogP contribution in [-0.4, -0.2) is 41.6 Å². The van der Waals surface area contributed by atoms with Crippen molar-refractivity contribution in [3.8, 4) is 0 Å². The van der Waals surface area contributed by atoms with Crippen molar-refractivity contribution in [2.45, 2.75) is 6.04 Å². The average Bonchev–Trinajstić information content (AvgIpc) is 2.61. The number of nitrogens with two attached hydrogens (primary N) is 1. The highest BCUT2D eigenvalue weighted by molar-refractivity contribution is 5.00. The molecule has 13 heavy (non-hydrogen) atoms. The molecule has 1 atom stereocenters. The predicted octanol–water partition coefficient (Wildman–Crippen LogP) is -0.163. The van der Waals surface area contributed by atoms with Gasteiger partial charge < -0.3 is 9.32 Å². The molecule has 1 aromatic rings. The number of hydrogen-bond acceptors (Lipinski definition) is 5. The van der Waals surface area contributed by atoms with E-state index in [9.17, 15) is 0 Å². The fraction of sp³-hybridized carbons (Fsp3) is 0.625. The first-order valence-electron chi connectivity index (χ1n) is 4.35. The molecule has 0 aromatic carbocycles. The van der Waals surface area contributed by atoms with Crippen molar-refractivity contribution in [3.05, 3.63) is 18.4 Å². The second-order valence-electron chi connectivity index (χ2n) is 3.42. The van der Waals surface area contributed by atoms with Gasteiger partial charge in [0.25, 0.3) is 0 Å². The maximum Gasteiger partial charge on any atom is 0.180 e. The van der Waals surface area contributed by atoms with Gasteiger partial charge in [-0.15, -0.1) is 0 Å². The van der Waals surface area contributed by atoms with Gasteiger partial charge in [-0.1, -0.05) is 0 Å². The number of hydrogen-bond donors (Lipinski definition) is 1. The number of hydrazine groups is 1. The second-order valence-corrected chi connectivity index (χ2v) is 3.42. The molecule has 1 aliphatic rings. The summed E-state index contributed by atoms with van der Waals surface area (Å²) in [6.07, 6.45) is 3.17. The number of piperazine rings is 1. The van der Waals surface area contributed by atoms with E-state index >= 15 is 0 Å². The standard InChI is InChI=1S/C8H14N4O/c1-11-2-3-12(9)7(5-11)8-4-10-6-13-8/h4,6-7H,2-3,5,9H2,1H3. The summed E-state index contributed by atoms with van der Waals surface area (Å²) < 4.78 is 5.23. The quantitative estimate of drug-likeness (QED) is 0.611. The maximum atomic E-state index is 5.85. The van der Waals surface area contributed by atoms with Gasteiger partial charge in [0.1, 0.15) is 5.76 Å². The summed E-state index contributed by atoms with van der Waals surface area (Å²) >= 11 is 0. The molecular formula is C8H14N4O. The molecule has 1 unspecified atom stereocenters. The molecule has 1 aromatic heterocycles. The van der Waals surface area contributed by atoms with Gasteiger partial charge in [0.05, 0.1) is 12.2 Å². The van der Waals surface area contributed by atoms with Gasteiger partial charge >= 0.3 is 0 Å². The van der Waals surface area contributed by atoms with E-state index in [0.717, 1.165) is 25.4 Å². The molecule has 0 aliphatic carbocycles. The fourth-order valence-corrected chi connectivity index (χ4v) is 1.58. The van der Waals surface area contributed by atoms with Gasteiger partial charge in [-0.2, -0.15) is 0 Å². The SMILES string of the molecule is CN1CCN(N)C(c2cnco2)C1. The predicted molar refractivity (Wildman–Crippen MR) is 47.6 cm³/mol. The zero-order valence-electron chi connectivity index (χ0n) is 7.68. The molecule has 72 valence electrons. The molecule has 0 bridgehead atoms.